The first-order valence-electron chi connectivity index (χ1n) is 4.32. The molecular weight excluding hydrogens is 200 g/mol. The van der Waals surface area contributed by atoms with Crippen molar-refractivity contribution < 1.29 is 4.79 Å². The van der Waals surface area contributed by atoms with Gasteiger partial charge in [0.1, 0.15) is 5.78 Å². The third-order valence-electron chi connectivity index (χ3n) is 1.69. The largest absolute Gasteiger partial charge is 0.375 e. The summed E-state index contributed by atoms with van der Waals surface area (Å²) in [6.45, 7) is 1.56. The molecule has 0 rings (SSSR count). The molecule has 0 unspecified atom stereocenters. The lowest BCUT2D eigenvalue weighted by Gasteiger charge is -2.09. The first-order chi connectivity index (χ1) is 6.57. The van der Waals surface area contributed by atoms with Crippen molar-refractivity contribution in [3.8, 4) is 0 Å². The molecule has 80 valence electrons. The third kappa shape index (κ3) is 6.50. The van der Waals surface area contributed by atoms with Crippen molar-refractivity contribution in [2.45, 2.75) is 25.8 Å². The Morgan fingerprint density at radius 2 is 2.36 bits per heavy atom. The van der Waals surface area contributed by atoms with Crippen molar-refractivity contribution in [1.82, 2.24) is 10.7 Å². The number of likely N-dealkylation sites (N-methyl/N-ethyl adjacent to an activating group) is 1. The monoisotopic (exact) mass is 216 g/mol. The van der Waals surface area contributed by atoms with Gasteiger partial charge in [-0.1, -0.05) is 0 Å². The maximum absolute atomic E-state index is 11.0. The van der Waals surface area contributed by atoms with Crippen molar-refractivity contribution >= 4 is 29.3 Å². The average Bonchev–Trinajstić information content (AvgIpc) is 2.10. The lowest BCUT2D eigenvalue weighted by atomic mass is 10.1. The van der Waals surface area contributed by atoms with E-state index in [1.165, 1.54) is 0 Å². The molecule has 0 bridgehead atoms. The van der Waals surface area contributed by atoms with Gasteiger partial charge in [-0.3, -0.25) is 10.2 Å². The summed E-state index contributed by atoms with van der Waals surface area (Å²) in [5, 5.41) is 6.81. The highest BCUT2D eigenvalue weighted by atomic mass is 32.1. The van der Waals surface area contributed by atoms with E-state index in [0.717, 1.165) is 0 Å². The molecule has 0 saturated carbocycles. The summed E-state index contributed by atoms with van der Waals surface area (Å²) in [6, 6.07) is -0.105. The Labute approximate surface area is 89.1 Å². The Morgan fingerprint density at radius 1 is 1.71 bits per heavy atom. The van der Waals surface area contributed by atoms with Gasteiger partial charge in [-0.2, -0.15) is 5.10 Å². The lowest BCUT2D eigenvalue weighted by Crippen LogP contribution is -2.32. The first kappa shape index (κ1) is 13.0. The van der Waals surface area contributed by atoms with Crippen LogP contribution >= 0.6 is 12.2 Å². The van der Waals surface area contributed by atoms with Gasteiger partial charge < -0.3 is 11.1 Å². The van der Waals surface area contributed by atoms with Crippen molar-refractivity contribution in [3.63, 3.8) is 0 Å². The first-order valence-corrected chi connectivity index (χ1v) is 4.73. The molecule has 0 aliphatic rings. The maximum atomic E-state index is 11.0. The zero-order valence-corrected chi connectivity index (χ0v) is 9.23. The molecule has 0 radical (unpaired) electrons. The van der Waals surface area contributed by atoms with Gasteiger partial charge in [0.25, 0.3) is 0 Å². The number of Topliss-reactive ketones (excluding diaryl/α,β-unsaturated/α-hetero) is 1. The van der Waals surface area contributed by atoms with Gasteiger partial charge in [-0.25, -0.2) is 0 Å². The van der Waals surface area contributed by atoms with E-state index in [1.54, 1.807) is 20.2 Å². The molecule has 0 spiro atoms. The van der Waals surface area contributed by atoms with E-state index in [2.05, 4.69) is 28.1 Å². The Kier molecular flexibility index (Phi) is 6.87. The summed E-state index contributed by atoms with van der Waals surface area (Å²) >= 11 is 4.55. The lowest BCUT2D eigenvalue weighted by molar-refractivity contribution is -0.118. The molecule has 0 saturated heterocycles. The number of rotatable bonds is 6. The number of nitrogens with two attached hydrogens (primary N) is 1. The second-order valence-corrected chi connectivity index (χ2v) is 3.26. The van der Waals surface area contributed by atoms with Crippen molar-refractivity contribution in [2.24, 2.45) is 10.8 Å². The summed E-state index contributed by atoms with van der Waals surface area (Å²) in [5.74, 6) is 0.128. The summed E-state index contributed by atoms with van der Waals surface area (Å²) in [4.78, 5) is 11.0. The highest BCUT2D eigenvalue weighted by Crippen LogP contribution is 1.95. The summed E-state index contributed by atoms with van der Waals surface area (Å²) in [7, 11) is 1.76. The van der Waals surface area contributed by atoms with E-state index in [4.69, 9.17) is 5.73 Å². The van der Waals surface area contributed by atoms with Crippen LogP contribution in [0.3, 0.4) is 0 Å². The number of hydrazone groups is 1. The van der Waals surface area contributed by atoms with Gasteiger partial charge in [-0.15, -0.1) is 0 Å². The van der Waals surface area contributed by atoms with Gasteiger partial charge in [0.15, 0.2) is 5.11 Å². The fraction of sp³-hybridized carbons (Fsp3) is 0.625. The molecule has 6 heteroatoms. The molecule has 0 fully saturated rings. The summed E-state index contributed by atoms with van der Waals surface area (Å²) in [5.41, 5.74) is 7.59. The topological polar surface area (TPSA) is 79.5 Å². The second-order valence-electron chi connectivity index (χ2n) is 2.82. The van der Waals surface area contributed by atoms with Crippen LogP contribution in [-0.2, 0) is 4.79 Å². The van der Waals surface area contributed by atoms with E-state index in [-0.39, 0.29) is 16.9 Å². The molecule has 14 heavy (non-hydrogen) atoms. The molecular formula is C8H16N4OS. The van der Waals surface area contributed by atoms with Crippen molar-refractivity contribution in [2.75, 3.05) is 7.05 Å². The second kappa shape index (κ2) is 7.40. The number of carbonyl (C=O) groups is 1. The number of ketones is 1. The van der Waals surface area contributed by atoms with E-state index < -0.39 is 0 Å². The van der Waals surface area contributed by atoms with Crippen LogP contribution < -0.4 is 16.5 Å². The standard InChI is InChI=1S/C8H16N4OS/c1-6(13)7(10-2)4-3-5-11-12-8(9)14/h5,7,10H,3-4H2,1-2H3,(H3,9,12,14)/b11-5-/t7-/m0/s1. The molecule has 4 N–H and O–H groups in total. The maximum Gasteiger partial charge on any atom is 0.184 e. The normalized spacial score (nSPS) is 12.7. The van der Waals surface area contributed by atoms with E-state index in [0.29, 0.717) is 12.8 Å². The van der Waals surface area contributed by atoms with Crippen molar-refractivity contribution in [1.29, 1.82) is 0 Å². The minimum Gasteiger partial charge on any atom is -0.375 e. The molecule has 5 nitrogen and oxygen atoms in total. The van der Waals surface area contributed by atoms with Crippen LogP contribution in [0, 0.1) is 0 Å². The number of hydrogen-bond donors (Lipinski definition) is 3. The quantitative estimate of drug-likeness (QED) is 0.324. The molecule has 0 heterocycles. The Bertz CT molecular complexity index is 229. The summed E-state index contributed by atoms with van der Waals surface area (Å²) < 4.78 is 0. The molecule has 0 aromatic carbocycles. The number of hydrogen-bond acceptors (Lipinski definition) is 4. The number of nitrogens with zero attached hydrogens (tertiary/aromatic N) is 1. The van der Waals surface area contributed by atoms with Crippen LogP contribution in [0.4, 0.5) is 0 Å². The van der Waals surface area contributed by atoms with Gasteiger partial charge >= 0.3 is 0 Å². The minimum absolute atomic E-state index is 0.105. The predicted molar refractivity (Wildman–Crippen MR) is 61.2 cm³/mol. The number of nitrogens with one attached hydrogen (secondary N) is 2. The molecule has 0 aliphatic carbocycles. The van der Waals surface area contributed by atoms with Crippen LogP contribution in [-0.4, -0.2) is 30.2 Å². The number of thiocarbonyl (C=S) groups is 1. The van der Waals surface area contributed by atoms with E-state index in [1.807, 2.05) is 0 Å². The van der Waals surface area contributed by atoms with Crippen LogP contribution in [0.15, 0.2) is 5.10 Å². The van der Waals surface area contributed by atoms with E-state index in [9.17, 15) is 4.79 Å². The SMILES string of the molecule is CN[C@@H](CC/C=N\NC(N)=S)C(C)=O. The van der Waals surface area contributed by atoms with Crippen LogP contribution in [0.2, 0.25) is 0 Å². The zero-order chi connectivity index (χ0) is 11.0. The van der Waals surface area contributed by atoms with Crippen LogP contribution in [0.1, 0.15) is 19.8 Å². The minimum atomic E-state index is -0.105. The molecule has 1 atom stereocenters. The smallest absolute Gasteiger partial charge is 0.184 e. The fourth-order valence-corrected chi connectivity index (χ4v) is 1.02. The molecule has 0 amide bonds. The van der Waals surface area contributed by atoms with E-state index >= 15 is 0 Å². The molecule has 0 aromatic heterocycles. The highest BCUT2D eigenvalue weighted by Gasteiger charge is 2.09. The van der Waals surface area contributed by atoms with Crippen LogP contribution in [0.25, 0.3) is 0 Å². The molecule has 0 aromatic rings. The van der Waals surface area contributed by atoms with Gasteiger partial charge in [0, 0.05) is 6.21 Å². The Hall–Kier alpha value is -1.01. The van der Waals surface area contributed by atoms with Gasteiger partial charge in [0.2, 0.25) is 0 Å². The zero-order valence-electron chi connectivity index (χ0n) is 8.41. The average molecular weight is 216 g/mol. The number of carbonyl (C=O) groups excluding carboxylic acids is 1. The Morgan fingerprint density at radius 3 is 2.79 bits per heavy atom. The van der Waals surface area contributed by atoms with Crippen molar-refractivity contribution in [3.05, 3.63) is 0 Å². The Balaban J connectivity index is 3.66. The fourth-order valence-electron chi connectivity index (χ4n) is 0.966. The predicted octanol–water partition coefficient (Wildman–Crippen LogP) is -0.237. The van der Waals surface area contributed by atoms with Gasteiger partial charge in [0.05, 0.1) is 6.04 Å². The molecule has 0 aliphatic heterocycles. The third-order valence-corrected chi connectivity index (χ3v) is 1.78. The van der Waals surface area contributed by atoms with Crippen LogP contribution in [0.5, 0.6) is 0 Å². The highest BCUT2D eigenvalue weighted by molar-refractivity contribution is 7.80. The van der Waals surface area contributed by atoms with Gasteiger partial charge in [-0.05, 0) is 39.0 Å². The summed E-state index contributed by atoms with van der Waals surface area (Å²) in [6.07, 6.45) is 3.06.